The summed E-state index contributed by atoms with van der Waals surface area (Å²) in [6.45, 7) is 2.71. The Balaban J connectivity index is 1.77. The maximum absolute atomic E-state index is 13.0. The fourth-order valence-electron chi connectivity index (χ4n) is 3.64. The SMILES string of the molecule is CCCCCNC(=O)c1c(N)n(/N=C\c2ccc(N(C)C)cc2)c2nc3ccccc3nc12. The van der Waals surface area contributed by atoms with Crippen molar-refractivity contribution in [3.63, 3.8) is 0 Å². The highest BCUT2D eigenvalue weighted by Crippen LogP contribution is 2.28. The minimum Gasteiger partial charge on any atom is -0.383 e. The van der Waals surface area contributed by atoms with Gasteiger partial charge in [0.15, 0.2) is 5.65 Å². The minimum absolute atomic E-state index is 0.217. The normalized spacial score (nSPS) is 11.5. The van der Waals surface area contributed by atoms with Crippen molar-refractivity contribution in [2.75, 3.05) is 31.3 Å². The number of rotatable bonds is 8. The van der Waals surface area contributed by atoms with Crippen LogP contribution in [0.4, 0.5) is 11.5 Å². The van der Waals surface area contributed by atoms with Gasteiger partial charge in [-0.25, -0.2) is 9.97 Å². The summed E-state index contributed by atoms with van der Waals surface area (Å²) in [5.41, 5.74) is 11.0. The highest BCUT2D eigenvalue weighted by atomic mass is 16.1. The van der Waals surface area contributed by atoms with E-state index in [1.165, 1.54) is 4.68 Å². The van der Waals surface area contributed by atoms with Gasteiger partial charge in [-0.15, -0.1) is 0 Å². The summed E-state index contributed by atoms with van der Waals surface area (Å²) in [4.78, 5) is 24.5. The number of fused-ring (bicyclic) bond motifs is 2. The number of carbonyl (C=O) groups is 1. The highest BCUT2D eigenvalue weighted by Gasteiger charge is 2.23. The third-order valence-electron chi connectivity index (χ3n) is 5.50. The Morgan fingerprint density at radius 3 is 2.45 bits per heavy atom. The van der Waals surface area contributed by atoms with E-state index in [0.29, 0.717) is 34.3 Å². The van der Waals surface area contributed by atoms with Gasteiger partial charge in [0.25, 0.3) is 5.91 Å². The number of nitrogens with two attached hydrogens (primary N) is 1. The second-order valence-electron chi connectivity index (χ2n) is 8.15. The van der Waals surface area contributed by atoms with Crippen molar-refractivity contribution in [1.29, 1.82) is 0 Å². The first-order valence-corrected chi connectivity index (χ1v) is 11.2. The molecule has 33 heavy (non-hydrogen) atoms. The Bertz CT molecular complexity index is 1310. The van der Waals surface area contributed by atoms with Crippen LogP contribution in [0.2, 0.25) is 0 Å². The lowest BCUT2D eigenvalue weighted by atomic mass is 10.2. The Labute approximate surface area is 193 Å². The Hall–Kier alpha value is -3.94. The average molecular weight is 444 g/mol. The van der Waals surface area contributed by atoms with Crippen molar-refractivity contribution in [3.8, 4) is 0 Å². The molecule has 0 saturated carbocycles. The number of para-hydroxylation sites is 2. The number of hydrogen-bond donors (Lipinski definition) is 2. The highest BCUT2D eigenvalue weighted by molar-refractivity contribution is 6.10. The van der Waals surface area contributed by atoms with Gasteiger partial charge in [0.05, 0.1) is 17.2 Å². The summed E-state index contributed by atoms with van der Waals surface area (Å²) in [6.07, 6.45) is 4.75. The molecule has 0 aliphatic heterocycles. The largest absolute Gasteiger partial charge is 0.383 e. The van der Waals surface area contributed by atoms with Gasteiger partial charge in [0, 0.05) is 26.3 Å². The summed E-state index contributed by atoms with van der Waals surface area (Å²) < 4.78 is 1.50. The van der Waals surface area contributed by atoms with E-state index in [1.807, 2.05) is 67.5 Å². The van der Waals surface area contributed by atoms with E-state index in [4.69, 9.17) is 15.7 Å². The maximum atomic E-state index is 13.0. The Morgan fingerprint density at radius 1 is 1.09 bits per heavy atom. The number of carbonyl (C=O) groups excluding carboxylic acids is 1. The van der Waals surface area contributed by atoms with Gasteiger partial charge in [0.2, 0.25) is 0 Å². The zero-order valence-electron chi connectivity index (χ0n) is 19.2. The first-order valence-electron chi connectivity index (χ1n) is 11.2. The van der Waals surface area contributed by atoms with Crippen LogP contribution in [0.3, 0.4) is 0 Å². The van der Waals surface area contributed by atoms with E-state index < -0.39 is 0 Å². The van der Waals surface area contributed by atoms with Gasteiger partial charge in [-0.05, 0) is 36.2 Å². The second kappa shape index (κ2) is 9.68. The molecule has 0 saturated heterocycles. The van der Waals surface area contributed by atoms with Gasteiger partial charge in [-0.3, -0.25) is 4.79 Å². The predicted molar refractivity (Wildman–Crippen MR) is 135 cm³/mol. The molecule has 8 heteroatoms. The van der Waals surface area contributed by atoms with E-state index in [2.05, 4.69) is 17.3 Å². The van der Waals surface area contributed by atoms with E-state index in [1.54, 1.807) is 6.21 Å². The van der Waals surface area contributed by atoms with Gasteiger partial charge in [-0.1, -0.05) is 44.0 Å². The molecule has 4 aromatic rings. The lowest BCUT2D eigenvalue weighted by Gasteiger charge is -2.11. The van der Waals surface area contributed by atoms with E-state index in [9.17, 15) is 4.79 Å². The van der Waals surface area contributed by atoms with Gasteiger partial charge in [-0.2, -0.15) is 9.78 Å². The fourth-order valence-corrected chi connectivity index (χ4v) is 3.64. The van der Waals surface area contributed by atoms with Crippen LogP contribution in [0.15, 0.2) is 53.6 Å². The van der Waals surface area contributed by atoms with Crippen molar-refractivity contribution >= 4 is 45.8 Å². The number of nitrogens with one attached hydrogen (secondary N) is 1. The Kier molecular flexibility index (Phi) is 6.53. The summed E-state index contributed by atoms with van der Waals surface area (Å²) in [5, 5.41) is 7.53. The first-order chi connectivity index (χ1) is 16.0. The zero-order valence-corrected chi connectivity index (χ0v) is 19.2. The molecule has 2 aromatic carbocycles. The molecule has 2 heterocycles. The quantitative estimate of drug-likeness (QED) is 0.316. The number of unbranched alkanes of at least 4 members (excludes halogenated alkanes) is 2. The van der Waals surface area contributed by atoms with Crippen molar-refractivity contribution in [3.05, 3.63) is 59.7 Å². The molecule has 0 aliphatic carbocycles. The van der Waals surface area contributed by atoms with Crippen LogP contribution in [0.5, 0.6) is 0 Å². The van der Waals surface area contributed by atoms with Crippen molar-refractivity contribution < 1.29 is 4.79 Å². The van der Waals surface area contributed by atoms with Crippen molar-refractivity contribution in [1.82, 2.24) is 20.0 Å². The molecule has 0 fully saturated rings. The molecule has 4 rings (SSSR count). The molecule has 170 valence electrons. The van der Waals surface area contributed by atoms with E-state index in [-0.39, 0.29) is 11.7 Å². The third kappa shape index (κ3) is 4.64. The molecule has 0 unspecified atom stereocenters. The Morgan fingerprint density at radius 2 is 1.79 bits per heavy atom. The molecule has 0 aliphatic rings. The number of amides is 1. The molecular weight excluding hydrogens is 414 g/mol. The fraction of sp³-hybridized carbons (Fsp3) is 0.280. The number of hydrogen-bond acceptors (Lipinski definition) is 6. The summed E-state index contributed by atoms with van der Waals surface area (Å²) in [5.74, 6) is -0.0445. The molecular formula is C25H29N7O. The second-order valence-corrected chi connectivity index (χ2v) is 8.15. The molecule has 1 amide bonds. The maximum Gasteiger partial charge on any atom is 0.257 e. The lowest BCUT2D eigenvalue weighted by molar-refractivity contribution is 0.0955. The van der Waals surface area contributed by atoms with E-state index >= 15 is 0 Å². The van der Waals surface area contributed by atoms with Crippen LogP contribution < -0.4 is 16.0 Å². The summed E-state index contributed by atoms with van der Waals surface area (Å²) in [7, 11) is 3.99. The monoisotopic (exact) mass is 443 g/mol. The van der Waals surface area contributed by atoms with Crippen LogP contribution in [0.1, 0.15) is 42.1 Å². The predicted octanol–water partition coefficient (Wildman–Crippen LogP) is 4.03. The van der Waals surface area contributed by atoms with Crippen LogP contribution in [0.25, 0.3) is 22.2 Å². The van der Waals surface area contributed by atoms with E-state index in [0.717, 1.165) is 30.5 Å². The van der Waals surface area contributed by atoms with Crippen LogP contribution >= 0.6 is 0 Å². The topological polar surface area (TPSA) is 101 Å². The minimum atomic E-state index is -0.262. The number of nitrogen functional groups attached to an aromatic ring is 1. The van der Waals surface area contributed by atoms with Crippen molar-refractivity contribution in [2.45, 2.75) is 26.2 Å². The molecule has 0 radical (unpaired) electrons. The number of anilines is 2. The van der Waals surface area contributed by atoms with Gasteiger partial charge in [0.1, 0.15) is 16.9 Å². The zero-order chi connectivity index (χ0) is 23.4. The van der Waals surface area contributed by atoms with Crippen LogP contribution in [0, 0.1) is 0 Å². The van der Waals surface area contributed by atoms with Gasteiger partial charge < -0.3 is 16.0 Å². The molecule has 2 aromatic heterocycles. The molecule has 0 bridgehead atoms. The smallest absolute Gasteiger partial charge is 0.257 e. The number of benzene rings is 2. The average Bonchev–Trinajstić information content (AvgIpc) is 3.09. The third-order valence-corrected chi connectivity index (χ3v) is 5.50. The first kappa shape index (κ1) is 22.3. The van der Waals surface area contributed by atoms with Crippen LogP contribution in [-0.2, 0) is 0 Å². The van der Waals surface area contributed by atoms with Gasteiger partial charge >= 0.3 is 0 Å². The number of aromatic nitrogens is 3. The number of nitrogens with zero attached hydrogens (tertiary/aromatic N) is 5. The molecule has 8 nitrogen and oxygen atoms in total. The summed E-state index contributed by atoms with van der Waals surface area (Å²) >= 11 is 0. The lowest BCUT2D eigenvalue weighted by Crippen LogP contribution is -2.25. The van der Waals surface area contributed by atoms with Crippen molar-refractivity contribution in [2.24, 2.45) is 5.10 Å². The molecule has 3 N–H and O–H groups in total. The molecule has 0 spiro atoms. The summed E-state index contributed by atoms with van der Waals surface area (Å²) in [6, 6.07) is 15.5. The van der Waals surface area contributed by atoms with Crippen LogP contribution in [-0.4, -0.2) is 47.4 Å². The standard InChI is InChI=1S/C25H29N7O/c1-4-5-8-15-27-25(33)21-22-24(30-20-10-7-6-9-19(20)29-22)32(23(21)26)28-16-17-11-13-18(14-12-17)31(2)3/h6-7,9-14,16H,4-5,8,15,26H2,1-3H3,(H,27,33)/b28-16-. The molecule has 0 atom stereocenters.